The molecule has 4 nitrogen and oxygen atoms in total. The minimum absolute atomic E-state index is 0.0734. The van der Waals surface area contributed by atoms with Crippen molar-refractivity contribution in [2.24, 2.45) is 0 Å². The van der Waals surface area contributed by atoms with Crippen LogP contribution in [0.5, 0.6) is 0 Å². The summed E-state index contributed by atoms with van der Waals surface area (Å²) in [6.07, 6.45) is 1.29. The van der Waals surface area contributed by atoms with Crippen molar-refractivity contribution >= 4 is 11.6 Å². The number of hydrogen-bond donors (Lipinski definition) is 1. The lowest BCUT2D eigenvalue weighted by Gasteiger charge is -2.27. The van der Waals surface area contributed by atoms with E-state index in [0.717, 1.165) is 17.8 Å². The fourth-order valence-electron chi connectivity index (χ4n) is 3.93. The second-order valence-corrected chi connectivity index (χ2v) is 8.40. The summed E-state index contributed by atoms with van der Waals surface area (Å²) in [6, 6.07) is 9.32. The summed E-state index contributed by atoms with van der Waals surface area (Å²) in [5, 5.41) is 3.07. The quantitative estimate of drug-likeness (QED) is 0.809. The van der Waals surface area contributed by atoms with Crippen LogP contribution in [0, 0.1) is 0 Å². The minimum atomic E-state index is -4.42. The maximum absolute atomic E-state index is 12.9. The molecule has 4 rings (SSSR count). The molecule has 0 radical (unpaired) electrons. The van der Waals surface area contributed by atoms with Crippen molar-refractivity contribution in [2.45, 2.75) is 50.2 Å². The molecule has 1 aliphatic carbocycles. The zero-order chi connectivity index (χ0) is 20.6. The van der Waals surface area contributed by atoms with Gasteiger partial charge in [0.05, 0.1) is 29.4 Å². The highest BCUT2D eigenvalue weighted by atomic mass is 19.4. The van der Waals surface area contributed by atoms with Gasteiger partial charge in [0, 0.05) is 19.3 Å². The molecule has 29 heavy (non-hydrogen) atoms. The Bertz CT molecular complexity index is 893. The molecule has 2 aliphatic rings. The molecule has 1 aromatic heterocycles. The van der Waals surface area contributed by atoms with Gasteiger partial charge in [-0.25, -0.2) is 0 Å². The van der Waals surface area contributed by atoms with E-state index in [-0.39, 0.29) is 5.91 Å². The number of pyridine rings is 1. The third-order valence-corrected chi connectivity index (χ3v) is 5.72. The monoisotopic (exact) mass is 403 g/mol. The number of carbonyl (C=O) groups is 1. The van der Waals surface area contributed by atoms with Gasteiger partial charge >= 0.3 is 6.18 Å². The van der Waals surface area contributed by atoms with Crippen LogP contribution in [0.2, 0.25) is 0 Å². The van der Waals surface area contributed by atoms with Crippen LogP contribution in [0.3, 0.4) is 0 Å². The van der Waals surface area contributed by atoms with Crippen LogP contribution in [-0.2, 0) is 17.4 Å². The van der Waals surface area contributed by atoms with Gasteiger partial charge in [-0.3, -0.25) is 9.78 Å². The molecule has 2 heterocycles. The lowest BCUT2D eigenvalue weighted by Crippen LogP contribution is -2.48. The summed E-state index contributed by atoms with van der Waals surface area (Å²) >= 11 is 0. The Hall–Kier alpha value is -2.57. The smallest absolute Gasteiger partial charge is 0.368 e. The number of halogens is 3. The van der Waals surface area contributed by atoms with Crippen molar-refractivity contribution in [1.29, 1.82) is 0 Å². The van der Waals surface area contributed by atoms with Gasteiger partial charge in [0.2, 0.25) is 5.91 Å². The van der Waals surface area contributed by atoms with Crippen molar-refractivity contribution in [3.8, 4) is 0 Å². The number of benzene rings is 1. The van der Waals surface area contributed by atoms with Crippen LogP contribution < -0.4 is 10.2 Å². The van der Waals surface area contributed by atoms with Crippen LogP contribution in [0.1, 0.15) is 48.8 Å². The summed E-state index contributed by atoms with van der Waals surface area (Å²) in [7, 11) is 0. The Kier molecular flexibility index (Phi) is 5.00. The number of hydrogen-bond acceptors (Lipinski definition) is 3. The Morgan fingerprint density at radius 2 is 1.97 bits per heavy atom. The normalized spacial score (nSPS) is 22.0. The second-order valence-electron chi connectivity index (χ2n) is 8.40. The molecule has 2 fully saturated rings. The molecule has 1 aromatic carbocycles. The Balaban J connectivity index is 1.36. The maximum Gasteiger partial charge on any atom is 0.417 e. The first-order valence-electron chi connectivity index (χ1n) is 9.89. The first-order valence-corrected chi connectivity index (χ1v) is 9.89. The topological polar surface area (TPSA) is 45.2 Å². The second kappa shape index (κ2) is 7.35. The predicted molar refractivity (Wildman–Crippen MR) is 105 cm³/mol. The Morgan fingerprint density at radius 3 is 2.62 bits per heavy atom. The van der Waals surface area contributed by atoms with Gasteiger partial charge in [0.1, 0.15) is 0 Å². The first kappa shape index (κ1) is 19.7. The largest absolute Gasteiger partial charge is 0.417 e. The summed E-state index contributed by atoms with van der Waals surface area (Å²) in [5.74, 6) is 0.613. The number of anilines is 1. The van der Waals surface area contributed by atoms with Gasteiger partial charge in [-0.05, 0) is 49.3 Å². The molecule has 154 valence electrons. The molecule has 1 amide bonds. The SMILES string of the molecule is C[C@@]1(NC(=O)Cc2ccc(C3CC3)cc2)CCN(c2cncc(C(F)(F)F)c2)C1. The van der Waals surface area contributed by atoms with Gasteiger partial charge in [0.25, 0.3) is 0 Å². The molecule has 1 N–H and O–H groups in total. The fraction of sp³-hybridized carbons (Fsp3) is 0.455. The van der Waals surface area contributed by atoms with Crippen LogP contribution >= 0.6 is 0 Å². The molecule has 0 spiro atoms. The van der Waals surface area contributed by atoms with Crippen molar-refractivity contribution < 1.29 is 18.0 Å². The molecular formula is C22H24F3N3O. The molecular weight excluding hydrogens is 379 g/mol. The van der Waals surface area contributed by atoms with Crippen molar-refractivity contribution in [1.82, 2.24) is 10.3 Å². The highest BCUT2D eigenvalue weighted by Gasteiger charge is 2.37. The van der Waals surface area contributed by atoms with E-state index in [1.807, 2.05) is 24.0 Å². The van der Waals surface area contributed by atoms with Gasteiger partial charge in [-0.15, -0.1) is 0 Å². The van der Waals surface area contributed by atoms with Crippen molar-refractivity contribution in [3.05, 3.63) is 59.4 Å². The van der Waals surface area contributed by atoms with Gasteiger partial charge < -0.3 is 10.2 Å². The number of alkyl halides is 3. The number of nitrogens with zero attached hydrogens (tertiary/aromatic N) is 2. The zero-order valence-corrected chi connectivity index (χ0v) is 16.3. The molecule has 2 aromatic rings. The molecule has 7 heteroatoms. The number of amides is 1. The van der Waals surface area contributed by atoms with Crippen LogP contribution in [-0.4, -0.2) is 29.5 Å². The fourth-order valence-corrected chi connectivity index (χ4v) is 3.93. The average molecular weight is 403 g/mol. The summed E-state index contributed by atoms with van der Waals surface area (Å²) in [4.78, 5) is 18.1. The molecule has 1 aliphatic heterocycles. The summed E-state index contributed by atoms with van der Waals surface area (Å²) in [6.45, 7) is 2.94. The summed E-state index contributed by atoms with van der Waals surface area (Å²) in [5.41, 5.74) is 1.48. The van der Waals surface area contributed by atoms with E-state index in [4.69, 9.17) is 0 Å². The lowest BCUT2D eigenvalue weighted by atomic mass is 10.0. The molecule has 1 saturated carbocycles. The van der Waals surface area contributed by atoms with E-state index >= 15 is 0 Å². The van der Waals surface area contributed by atoms with Crippen molar-refractivity contribution in [3.63, 3.8) is 0 Å². The molecule has 0 bridgehead atoms. The minimum Gasteiger partial charge on any atom is -0.368 e. The summed E-state index contributed by atoms with van der Waals surface area (Å²) < 4.78 is 38.8. The number of aromatic nitrogens is 1. The number of carbonyl (C=O) groups excluding carboxylic acids is 1. The average Bonchev–Trinajstić information content (AvgIpc) is 3.44. The first-order chi connectivity index (χ1) is 13.7. The molecule has 0 unspecified atom stereocenters. The maximum atomic E-state index is 12.9. The van der Waals surface area contributed by atoms with E-state index < -0.39 is 17.3 Å². The zero-order valence-electron chi connectivity index (χ0n) is 16.3. The van der Waals surface area contributed by atoms with Crippen molar-refractivity contribution in [2.75, 3.05) is 18.0 Å². The third-order valence-electron chi connectivity index (χ3n) is 5.72. The Labute approximate surface area is 168 Å². The number of nitrogens with one attached hydrogen (secondary N) is 1. The standard InChI is InChI=1S/C22H24F3N3O/c1-21(27-20(29)10-15-2-4-16(5-3-15)17-6-7-17)8-9-28(14-21)19-11-18(12-26-13-19)22(23,24)25/h2-5,11-13,17H,6-10,14H2,1H3,(H,27,29)/t21-/m1/s1. The lowest BCUT2D eigenvalue weighted by molar-refractivity contribution is -0.137. The van der Waals surface area contributed by atoms with Crippen LogP contribution in [0.25, 0.3) is 0 Å². The van der Waals surface area contributed by atoms with Crippen LogP contribution in [0.15, 0.2) is 42.7 Å². The Morgan fingerprint density at radius 1 is 1.24 bits per heavy atom. The van der Waals surface area contributed by atoms with E-state index in [9.17, 15) is 18.0 Å². The van der Waals surface area contributed by atoms with Crippen LogP contribution in [0.4, 0.5) is 18.9 Å². The van der Waals surface area contributed by atoms with E-state index in [2.05, 4.69) is 22.4 Å². The number of rotatable bonds is 5. The third kappa shape index (κ3) is 4.71. The van der Waals surface area contributed by atoms with E-state index in [1.54, 1.807) is 0 Å². The molecule has 1 atom stereocenters. The van der Waals surface area contributed by atoms with E-state index in [1.165, 1.54) is 24.6 Å². The highest BCUT2D eigenvalue weighted by Crippen LogP contribution is 2.40. The molecule has 1 saturated heterocycles. The van der Waals surface area contributed by atoms with E-state index in [0.29, 0.717) is 37.5 Å². The van der Waals surface area contributed by atoms with Gasteiger partial charge in [-0.1, -0.05) is 24.3 Å². The highest BCUT2D eigenvalue weighted by molar-refractivity contribution is 5.79. The predicted octanol–water partition coefficient (Wildman–Crippen LogP) is 4.31. The van der Waals surface area contributed by atoms with Gasteiger partial charge in [0.15, 0.2) is 0 Å². The van der Waals surface area contributed by atoms with Gasteiger partial charge in [-0.2, -0.15) is 13.2 Å².